The summed E-state index contributed by atoms with van der Waals surface area (Å²) in [7, 11) is 0. The number of hydrazone groups is 1. The summed E-state index contributed by atoms with van der Waals surface area (Å²) in [6, 6.07) is 6.97. The highest BCUT2D eigenvalue weighted by atomic mass is 32.2. The maximum Gasteiger partial charge on any atom is 0.414 e. The van der Waals surface area contributed by atoms with Crippen LogP contribution in [-0.2, 0) is 19.1 Å². The van der Waals surface area contributed by atoms with Crippen molar-refractivity contribution in [2.24, 2.45) is 5.10 Å². The third kappa shape index (κ3) is 7.77. The molecule has 0 aromatic heterocycles. The molecular weight excluding hydrogens is 376 g/mol. The molecule has 0 aliphatic heterocycles. The Bertz CT molecular complexity index is 686. The number of imide groups is 2. The van der Waals surface area contributed by atoms with E-state index in [0.717, 1.165) is 4.90 Å². The van der Waals surface area contributed by atoms with Crippen LogP contribution in [-0.4, -0.2) is 49.2 Å². The summed E-state index contributed by atoms with van der Waals surface area (Å²) in [4.78, 5) is 48.1. The molecule has 10 nitrogen and oxygen atoms in total. The van der Waals surface area contributed by atoms with Crippen LogP contribution in [0.3, 0.4) is 0 Å². The average Bonchev–Trinajstić information content (AvgIpc) is 2.62. The van der Waals surface area contributed by atoms with Crippen LogP contribution >= 0.6 is 11.8 Å². The number of nitrogens with one attached hydrogen (secondary N) is 3. The molecule has 0 unspecified atom stereocenters. The Morgan fingerprint density at radius 3 is 1.81 bits per heavy atom. The molecule has 0 fully saturated rings. The summed E-state index contributed by atoms with van der Waals surface area (Å²) in [5.41, 5.74) is 2.25. The first kappa shape index (κ1) is 22.0. The number of ether oxygens (including phenoxy) is 2. The Labute approximate surface area is 160 Å². The molecule has 4 amide bonds. The second kappa shape index (κ2) is 11.5. The van der Waals surface area contributed by atoms with Gasteiger partial charge in [0, 0.05) is 4.90 Å². The lowest BCUT2D eigenvalue weighted by atomic mass is 10.3. The fraction of sp³-hybridized carbons (Fsp3) is 0.312. The van der Waals surface area contributed by atoms with Crippen LogP contribution in [0.4, 0.5) is 15.3 Å². The Kier molecular flexibility index (Phi) is 9.37. The van der Waals surface area contributed by atoms with Gasteiger partial charge in [-0.05, 0) is 44.4 Å². The highest BCUT2D eigenvalue weighted by Crippen LogP contribution is 2.17. The summed E-state index contributed by atoms with van der Waals surface area (Å²) in [6.07, 6.45) is -0.190. The molecule has 1 aromatic rings. The average molecular weight is 396 g/mol. The van der Waals surface area contributed by atoms with E-state index >= 15 is 0 Å². The maximum absolute atomic E-state index is 12.1. The first-order valence-corrected chi connectivity index (χ1v) is 9.07. The van der Waals surface area contributed by atoms with Gasteiger partial charge in [0.05, 0.1) is 18.9 Å². The molecule has 11 heteroatoms. The van der Waals surface area contributed by atoms with Crippen molar-refractivity contribution < 1.29 is 28.7 Å². The summed E-state index contributed by atoms with van der Waals surface area (Å²) < 4.78 is 9.16. The van der Waals surface area contributed by atoms with Crippen molar-refractivity contribution in [1.29, 1.82) is 0 Å². The molecule has 0 aliphatic carbocycles. The van der Waals surface area contributed by atoms with E-state index in [9.17, 15) is 19.2 Å². The fourth-order valence-corrected chi connectivity index (χ4v) is 2.04. The normalized spacial score (nSPS) is 9.59. The zero-order chi connectivity index (χ0) is 20.2. The molecule has 1 aromatic carbocycles. The van der Waals surface area contributed by atoms with Crippen LogP contribution in [0.15, 0.2) is 34.3 Å². The van der Waals surface area contributed by atoms with Crippen molar-refractivity contribution in [2.75, 3.05) is 24.9 Å². The Hall–Kier alpha value is -3.08. The van der Waals surface area contributed by atoms with Gasteiger partial charge in [0.1, 0.15) is 0 Å². The molecule has 0 spiro atoms. The van der Waals surface area contributed by atoms with Gasteiger partial charge < -0.3 is 9.47 Å². The molecule has 0 bridgehead atoms. The van der Waals surface area contributed by atoms with E-state index in [-0.39, 0.29) is 13.2 Å². The largest absolute Gasteiger partial charge is 0.450 e. The molecule has 3 N–H and O–H groups in total. The third-order valence-electron chi connectivity index (χ3n) is 2.80. The fourth-order valence-electron chi connectivity index (χ4n) is 1.63. The van der Waals surface area contributed by atoms with E-state index in [1.165, 1.54) is 11.8 Å². The number of carbonyl (C=O) groups excluding carboxylic acids is 4. The number of thioether (sulfide) groups is 1. The minimum absolute atomic E-state index is 0.0284. The zero-order valence-electron chi connectivity index (χ0n) is 15.0. The molecular formula is C16H20N4O6S. The number of rotatable bonds is 7. The monoisotopic (exact) mass is 396 g/mol. The molecule has 146 valence electrons. The molecule has 0 radical (unpaired) electrons. The molecule has 0 heterocycles. The quantitative estimate of drug-likeness (QED) is 0.274. The smallest absolute Gasteiger partial charge is 0.414 e. The molecule has 0 saturated heterocycles. The van der Waals surface area contributed by atoms with Gasteiger partial charge in [-0.15, -0.1) is 11.8 Å². The van der Waals surface area contributed by atoms with E-state index in [0.29, 0.717) is 5.69 Å². The van der Waals surface area contributed by atoms with Crippen molar-refractivity contribution in [1.82, 2.24) is 10.6 Å². The number of carbonyl (C=O) groups is 4. The first-order chi connectivity index (χ1) is 12.9. The molecule has 0 aliphatic rings. The van der Waals surface area contributed by atoms with Crippen LogP contribution < -0.4 is 16.1 Å². The second-order valence-corrected chi connectivity index (χ2v) is 5.53. The number of benzene rings is 1. The van der Waals surface area contributed by atoms with Crippen LogP contribution in [0.5, 0.6) is 0 Å². The van der Waals surface area contributed by atoms with E-state index in [4.69, 9.17) is 0 Å². The summed E-state index contributed by atoms with van der Waals surface area (Å²) in [5, 5.41) is 7.36. The second-order valence-electron chi connectivity index (χ2n) is 4.65. The van der Waals surface area contributed by atoms with Gasteiger partial charge in [-0.3, -0.25) is 25.6 Å². The van der Waals surface area contributed by atoms with Gasteiger partial charge in [-0.2, -0.15) is 5.10 Å². The van der Waals surface area contributed by atoms with Crippen molar-refractivity contribution in [3.63, 3.8) is 0 Å². The number of nitrogens with zero attached hydrogens (tertiary/aromatic N) is 1. The van der Waals surface area contributed by atoms with Gasteiger partial charge in [-0.1, -0.05) is 0 Å². The van der Waals surface area contributed by atoms with Gasteiger partial charge >= 0.3 is 12.2 Å². The number of hydrogen-bond acceptors (Lipinski definition) is 9. The van der Waals surface area contributed by atoms with Crippen LogP contribution in [0.2, 0.25) is 0 Å². The topological polar surface area (TPSA) is 135 Å². The lowest BCUT2D eigenvalue weighted by molar-refractivity contribution is -0.118. The SMILES string of the molecule is CCOC(=O)NC(=O)C(=NNc1ccc(SC)cc1)C(=O)NC(=O)OCC. The molecule has 27 heavy (non-hydrogen) atoms. The van der Waals surface area contributed by atoms with Gasteiger partial charge in [-0.25, -0.2) is 9.59 Å². The minimum Gasteiger partial charge on any atom is -0.450 e. The van der Waals surface area contributed by atoms with Gasteiger partial charge in [0.2, 0.25) is 5.71 Å². The van der Waals surface area contributed by atoms with E-state index in [2.05, 4.69) is 20.0 Å². The zero-order valence-corrected chi connectivity index (χ0v) is 15.8. The van der Waals surface area contributed by atoms with Gasteiger partial charge in [0.15, 0.2) is 0 Å². The van der Waals surface area contributed by atoms with E-state index in [1.54, 1.807) is 38.1 Å². The number of alkyl carbamates (subject to hydrolysis) is 2. The predicted octanol–water partition coefficient (Wildman–Crippen LogP) is 1.72. The third-order valence-corrected chi connectivity index (χ3v) is 3.54. The summed E-state index contributed by atoms with van der Waals surface area (Å²) in [6.45, 7) is 3.15. The van der Waals surface area contributed by atoms with Gasteiger partial charge in [0.25, 0.3) is 11.8 Å². The Morgan fingerprint density at radius 2 is 1.41 bits per heavy atom. The van der Waals surface area contributed by atoms with E-state index in [1.807, 2.05) is 16.9 Å². The van der Waals surface area contributed by atoms with Crippen LogP contribution in [0, 0.1) is 0 Å². The van der Waals surface area contributed by atoms with Crippen LogP contribution in [0.1, 0.15) is 13.8 Å². The maximum atomic E-state index is 12.1. The lowest BCUT2D eigenvalue weighted by Gasteiger charge is -2.08. The Balaban J connectivity index is 2.96. The van der Waals surface area contributed by atoms with Crippen molar-refractivity contribution in [3.05, 3.63) is 24.3 Å². The number of amides is 4. The van der Waals surface area contributed by atoms with Crippen molar-refractivity contribution >= 4 is 47.2 Å². The molecule has 1 rings (SSSR count). The summed E-state index contributed by atoms with van der Waals surface area (Å²) in [5.74, 6) is -2.30. The van der Waals surface area contributed by atoms with Crippen molar-refractivity contribution in [3.8, 4) is 0 Å². The van der Waals surface area contributed by atoms with Crippen molar-refractivity contribution in [2.45, 2.75) is 18.7 Å². The predicted molar refractivity (Wildman–Crippen MR) is 99.6 cm³/mol. The summed E-state index contributed by atoms with van der Waals surface area (Å²) >= 11 is 1.54. The lowest BCUT2D eigenvalue weighted by Crippen LogP contribution is -2.46. The molecule has 0 atom stereocenters. The molecule has 0 saturated carbocycles. The van der Waals surface area contributed by atoms with Crippen LogP contribution in [0.25, 0.3) is 0 Å². The first-order valence-electron chi connectivity index (χ1n) is 7.85. The van der Waals surface area contributed by atoms with E-state index < -0.39 is 29.7 Å². The number of hydrogen-bond donors (Lipinski definition) is 3. The highest BCUT2D eigenvalue weighted by molar-refractivity contribution is 7.98. The minimum atomic E-state index is -1.15. The Morgan fingerprint density at radius 1 is 0.926 bits per heavy atom. The standard InChI is InChI=1S/C16H20N4O6S/c1-4-25-15(23)17-13(21)12(14(22)18-16(24)26-5-2)20-19-10-6-8-11(27-3)9-7-10/h6-9,19H,4-5H2,1-3H3,(H,17,21,23)(H,18,22,24). The highest BCUT2D eigenvalue weighted by Gasteiger charge is 2.25. The number of anilines is 1.